The van der Waals surface area contributed by atoms with Crippen LogP contribution in [0.2, 0.25) is 0 Å². The lowest BCUT2D eigenvalue weighted by Gasteiger charge is -2.23. The van der Waals surface area contributed by atoms with Gasteiger partial charge in [0.15, 0.2) is 0 Å². The minimum absolute atomic E-state index is 0.00963. The normalized spacial score (nSPS) is 17.1. The lowest BCUT2D eigenvalue weighted by atomic mass is 9.94. The minimum atomic E-state index is -0.554. The second kappa shape index (κ2) is 8.82. The number of benzene rings is 1. The van der Waals surface area contributed by atoms with E-state index in [0.717, 1.165) is 47.7 Å². The van der Waals surface area contributed by atoms with Gasteiger partial charge in [-0.15, -0.1) is 0 Å². The van der Waals surface area contributed by atoms with Crippen LogP contribution in [0.3, 0.4) is 0 Å². The van der Waals surface area contributed by atoms with E-state index >= 15 is 0 Å². The fourth-order valence-corrected chi connectivity index (χ4v) is 3.73. The Morgan fingerprint density at radius 3 is 2.72 bits per heavy atom. The van der Waals surface area contributed by atoms with Crippen LogP contribution in [-0.2, 0) is 20.7 Å². The number of ether oxygens (including phenoxy) is 2. The number of esters is 1. The number of aromatic nitrogens is 1. The van der Waals surface area contributed by atoms with Gasteiger partial charge in [-0.05, 0) is 64.6 Å². The fourth-order valence-electron chi connectivity index (χ4n) is 3.73. The molecule has 1 N–H and O–H groups in total. The number of para-hydroxylation sites is 1. The predicted octanol–water partition coefficient (Wildman–Crippen LogP) is 4.21. The molecule has 29 heavy (non-hydrogen) atoms. The highest BCUT2D eigenvalue weighted by molar-refractivity contribution is 5.92. The van der Waals surface area contributed by atoms with Crippen LogP contribution in [0.4, 0.5) is 4.79 Å². The zero-order chi connectivity index (χ0) is 21.0. The average Bonchev–Trinajstić information content (AvgIpc) is 3.05. The molecule has 1 atom stereocenters. The summed E-state index contributed by atoms with van der Waals surface area (Å²) in [5.74, 6) is -0.260. The highest BCUT2D eigenvalue weighted by Crippen LogP contribution is 2.24. The predicted molar refractivity (Wildman–Crippen MR) is 113 cm³/mol. The molecule has 0 aliphatic heterocycles. The average molecular weight is 399 g/mol. The Balaban J connectivity index is 1.74. The van der Waals surface area contributed by atoms with Crippen molar-refractivity contribution in [3.8, 4) is 0 Å². The van der Waals surface area contributed by atoms with E-state index in [1.807, 2.05) is 57.3 Å². The van der Waals surface area contributed by atoms with Crippen LogP contribution in [-0.4, -0.2) is 41.9 Å². The van der Waals surface area contributed by atoms with Crippen molar-refractivity contribution in [3.63, 3.8) is 0 Å². The third kappa shape index (κ3) is 5.07. The van der Waals surface area contributed by atoms with Crippen molar-refractivity contribution in [2.45, 2.75) is 58.1 Å². The molecule has 156 valence electrons. The molecular formula is C23H30N2O4. The highest BCUT2D eigenvalue weighted by atomic mass is 16.6. The van der Waals surface area contributed by atoms with E-state index in [9.17, 15) is 9.59 Å². The van der Waals surface area contributed by atoms with Gasteiger partial charge in [-0.25, -0.2) is 9.59 Å². The fraction of sp³-hybridized carbons (Fsp3) is 0.478. The van der Waals surface area contributed by atoms with E-state index in [2.05, 4.69) is 5.32 Å². The summed E-state index contributed by atoms with van der Waals surface area (Å²) < 4.78 is 12.0. The van der Waals surface area contributed by atoms with E-state index in [1.165, 1.54) is 7.11 Å². The SMILES string of the molecule is COC(=O)C1=CCCC[C@@H]1NCCc1cn(C(=O)OC(C)(C)C)c2ccccc12. The molecule has 1 heterocycles. The summed E-state index contributed by atoms with van der Waals surface area (Å²) in [6.45, 7) is 6.27. The summed E-state index contributed by atoms with van der Waals surface area (Å²) in [4.78, 5) is 24.6. The first kappa shape index (κ1) is 21.1. The molecule has 0 radical (unpaired) electrons. The standard InChI is InChI=1S/C23H30N2O4/c1-23(2,3)29-22(27)25-15-16(17-9-6-8-12-20(17)25)13-14-24-19-11-7-5-10-18(19)21(26)28-4/h6,8-10,12,15,19,24H,5,7,11,13-14H2,1-4H3/t19-/m0/s1. The molecule has 1 aliphatic rings. The molecule has 0 unspecified atom stereocenters. The molecule has 1 aromatic carbocycles. The zero-order valence-electron chi connectivity index (χ0n) is 17.7. The first-order chi connectivity index (χ1) is 13.8. The summed E-state index contributed by atoms with van der Waals surface area (Å²) in [6.07, 6.45) is 7.07. The number of hydrogen-bond acceptors (Lipinski definition) is 5. The maximum Gasteiger partial charge on any atom is 0.419 e. The van der Waals surface area contributed by atoms with Gasteiger partial charge in [0.1, 0.15) is 5.60 Å². The number of rotatable bonds is 5. The molecule has 0 amide bonds. The number of carbonyl (C=O) groups excluding carboxylic acids is 2. The Bertz CT molecular complexity index is 921. The largest absolute Gasteiger partial charge is 0.466 e. The number of allylic oxidation sites excluding steroid dienone is 1. The number of nitrogens with one attached hydrogen (secondary N) is 1. The zero-order valence-corrected chi connectivity index (χ0v) is 17.7. The number of nitrogens with zero attached hydrogens (tertiary/aromatic N) is 1. The molecule has 0 saturated heterocycles. The number of methoxy groups -OCH3 is 1. The summed E-state index contributed by atoms with van der Waals surface area (Å²) in [6, 6.07) is 7.84. The highest BCUT2D eigenvalue weighted by Gasteiger charge is 2.24. The number of fused-ring (bicyclic) bond motifs is 1. The van der Waals surface area contributed by atoms with Gasteiger partial charge >= 0.3 is 12.1 Å². The Hall–Kier alpha value is -2.60. The van der Waals surface area contributed by atoms with Gasteiger partial charge < -0.3 is 14.8 Å². The molecular weight excluding hydrogens is 368 g/mol. The summed E-state index contributed by atoms with van der Waals surface area (Å²) in [5.41, 5.74) is 2.07. The molecule has 1 aromatic heterocycles. The van der Waals surface area contributed by atoms with E-state index in [0.29, 0.717) is 6.54 Å². The van der Waals surface area contributed by atoms with E-state index in [-0.39, 0.29) is 18.1 Å². The molecule has 2 aromatic rings. The second-order valence-corrected chi connectivity index (χ2v) is 8.36. The van der Waals surface area contributed by atoms with Crippen molar-refractivity contribution in [3.05, 3.63) is 47.7 Å². The Morgan fingerprint density at radius 2 is 2.00 bits per heavy atom. The lowest BCUT2D eigenvalue weighted by molar-refractivity contribution is -0.136. The van der Waals surface area contributed by atoms with Crippen LogP contribution < -0.4 is 5.32 Å². The Morgan fingerprint density at radius 1 is 1.24 bits per heavy atom. The number of hydrogen-bond donors (Lipinski definition) is 1. The van der Waals surface area contributed by atoms with Crippen molar-refractivity contribution < 1.29 is 19.1 Å². The van der Waals surface area contributed by atoms with Gasteiger partial charge in [-0.2, -0.15) is 0 Å². The summed E-state index contributed by atoms with van der Waals surface area (Å²) in [5, 5.41) is 4.52. The quantitative estimate of drug-likeness (QED) is 0.764. The van der Waals surface area contributed by atoms with E-state index < -0.39 is 5.60 Å². The molecule has 6 heteroatoms. The van der Waals surface area contributed by atoms with Crippen molar-refractivity contribution in [2.24, 2.45) is 0 Å². The van der Waals surface area contributed by atoms with Crippen LogP contribution in [0.1, 0.15) is 45.6 Å². The smallest absolute Gasteiger partial charge is 0.419 e. The third-order valence-electron chi connectivity index (χ3n) is 5.03. The van der Waals surface area contributed by atoms with Gasteiger partial charge in [0.25, 0.3) is 0 Å². The second-order valence-electron chi connectivity index (χ2n) is 8.36. The van der Waals surface area contributed by atoms with Crippen molar-refractivity contribution in [1.82, 2.24) is 9.88 Å². The molecule has 0 saturated carbocycles. The molecule has 0 bridgehead atoms. The van der Waals surface area contributed by atoms with E-state index in [4.69, 9.17) is 9.47 Å². The van der Waals surface area contributed by atoms with Crippen LogP contribution in [0.25, 0.3) is 10.9 Å². The summed E-state index contributed by atoms with van der Waals surface area (Å²) in [7, 11) is 1.42. The first-order valence-electron chi connectivity index (χ1n) is 10.1. The summed E-state index contributed by atoms with van der Waals surface area (Å²) >= 11 is 0. The van der Waals surface area contributed by atoms with Crippen molar-refractivity contribution in [2.75, 3.05) is 13.7 Å². The minimum Gasteiger partial charge on any atom is -0.466 e. The molecule has 3 rings (SSSR count). The topological polar surface area (TPSA) is 69.6 Å². The van der Waals surface area contributed by atoms with Crippen LogP contribution in [0.5, 0.6) is 0 Å². The van der Waals surface area contributed by atoms with Gasteiger partial charge in [-0.3, -0.25) is 4.57 Å². The van der Waals surface area contributed by atoms with Crippen LogP contribution in [0, 0.1) is 0 Å². The lowest BCUT2D eigenvalue weighted by Crippen LogP contribution is -2.37. The first-order valence-corrected chi connectivity index (χ1v) is 10.1. The Kier molecular flexibility index (Phi) is 6.42. The number of carbonyl (C=O) groups is 2. The van der Waals surface area contributed by atoms with Gasteiger partial charge in [0.05, 0.1) is 18.2 Å². The third-order valence-corrected chi connectivity index (χ3v) is 5.03. The van der Waals surface area contributed by atoms with Crippen LogP contribution >= 0.6 is 0 Å². The Labute approximate surface area is 171 Å². The van der Waals surface area contributed by atoms with Crippen LogP contribution in [0.15, 0.2) is 42.1 Å². The van der Waals surface area contributed by atoms with Crippen molar-refractivity contribution in [1.29, 1.82) is 0 Å². The van der Waals surface area contributed by atoms with Crippen molar-refractivity contribution >= 4 is 23.0 Å². The van der Waals surface area contributed by atoms with Gasteiger partial charge in [0, 0.05) is 17.6 Å². The van der Waals surface area contributed by atoms with E-state index in [1.54, 1.807) is 4.57 Å². The molecule has 0 spiro atoms. The van der Waals surface area contributed by atoms with Gasteiger partial charge in [0.2, 0.25) is 0 Å². The maximum atomic E-state index is 12.6. The maximum absolute atomic E-state index is 12.6. The molecule has 1 aliphatic carbocycles. The van der Waals surface area contributed by atoms with Gasteiger partial charge in [-0.1, -0.05) is 24.3 Å². The monoisotopic (exact) mass is 398 g/mol. The molecule has 6 nitrogen and oxygen atoms in total. The molecule has 0 fully saturated rings.